The minimum absolute atomic E-state index is 0.870. The van der Waals surface area contributed by atoms with Crippen molar-refractivity contribution in [3.63, 3.8) is 0 Å². The van der Waals surface area contributed by atoms with Gasteiger partial charge in [-0.1, -0.05) is 0 Å². The van der Waals surface area contributed by atoms with Crippen molar-refractivity contribution in [1.82, 2.24) is 0 Å². The monoisotopic (exact) mass is 448 g/mol. The Kier molecular flexibility index (Phi) is 1.49. The minimum atomic E-state index is -7.07. The van der Waals surface area contributed by atoms with E-state index in [0.29, 0.717) is 0 Å². The first-order valence-electron chi connectivity index (χ1n) is 17.0. The van der Waals surface area contributed by atoms with Crippen LogP contribution in [0, 0.1) is 0 Å². The van der Waals surface area contributed by atoms with E-state index in [4.69, 9.17) is 27.4 Å². The van der Waals surface area contributed by atoms with Gasteiger partial charge in [-0.3, -0.25) is 0 Å². The first kappa shape index (κ1) is 5.11. The summed E-state index contributed by atoms with van der Waals surface area (Å²) in [6, 6.07) is -20.4. The van der Waals surface area contributed by atoms with Gasteiger partial charge in [0.2, 0.25) is 0 Å². The van der Waals surface area contributed by atoms with Gasteiger partial charge in [-0.05, 0) is 0 Å². The van der Waals surface area contributed by atoms with E-state index < -0.39 is 154 Å². The molecule has 25 heavy (non-hydrogen) atoms. The Hall–Kier alpha value is -2.32. The third-order valence-electron chi connectivity index (χ3n) is 3.50. The Labute approximate surface area is 181 Å². The molecule has 0 saturated heterocycles. The summed E-state index contributed by atoms with van der Waals surface area (Å²) < 4.78 is 168. The summed E-state index contributed by atoms with van der Waals surface area (Å²) in [5, 5.41) is 0. The summed E-state index contributed by atoms with van der Waals surface area (Å²) in [7, 11) is 0. The molecule has 0 spiro atoms. The number of hydrogen-bond donors (Lipinski definition) is 0. The van der Waals surface area contributed by atoms with Gasteiger partial charge in [0.05, 0.1) is 0 Å². The first-order valence-corrected chi connectivity index (χ1v) is 12.7. The second-order valence-electron chi connectivity index (χ2n) is 4.75. The fourth-order valence-corrected chi connectivity index (χ4v) is 12.5. The van der Waals surface area contributed by atoms with Crippen molar-refractivity contribution in [2.24, 2.45) is 0 Å². The molecule has 1 heteroatoms. The first-order chi connectivity index (χ1) is 20.7. The Morgan fingerprint density at radius 3 is 0.760 bits per heavy atom. The Morgan fingerprint density at radius 1 is 0.360 bits per heavy atom. The fraction of sp³-hybridized carbons (Fsp3) is 0. The van der Waals surface area contributed by atoms with Gasteiger partial charge in [-0.2, -0.15) is 0 Å². The molecule has 0 unspecified atom stereocenters. The molecule has 0 N–H and O–H groups in total. The molecule has 0 aliphatic rings. The van der Waals surface area contributed by atoms with Crippen molar-refractivity contribution in [2.75, 3.05) is 0 Å². The van der Waals surface area contributed by atoms with E-state index in [9.17, 15) is 0 Å². The predicted octanol–water partition coefficient (Wildman–Crippen LogP) is 3.06. The number of hydrogen-bond acceptors (Lipinski definition) is 0. The Balaban J connectivity index is 2.69. The van der Waals surface area contributed by atoms with E-state index in [1.54, 1.807) is 0 Å². The van der Waals surface area contributed by atoms with Crippen LogP contribution in [0.25, 0.3) is 0 Å². The normalized spacial score (nSPS) is 22.4. The zero-order valence-corrected chi connectivity index (χ0v) is 15.4. The average molecular weight is 447 g/mol. The third-order valence-corrected chi connectivity index (χ3v) is 14.9. The van der Waals surface area contributed by atoms with Crippen LogP contribution in [0.4, 0.5) is 0 Å². The van der Waals surface area contributed by atoms with Crippen molar-refractivity contribution in [1.29, 1.82) is 0 Å². The zero-order chi connectivity index (χ0) is 34.4. The van der Waals surface area contributed by atoms with E-state index in [1.807, 2.05) is 0 Å². The van der Waals surface area contributed by atoms with Gasteiger partial charge in [-0.25, -0.2) is 0 Å². The van der Waals surface area contributed by atoms with Gasteiger partial charge >= 0.3 is 181 Å². The Bertz CT molecular complexity index is 1570. The molecule has 0 aromatic heterocycles. The SMILES string of the molecule is [2H]c1c([2H])c([2H])[c]([Sn]([c]2c([2H])c([2H])c([2H])c([2H])c2[2H])([c]2c([2H])c([2H])c([2H])c([2H])c2[2H])[c]2c([2H])c([2H])c([2H])c([2H])c2[2H])c([2H])c1[2H]. The molecule has 0 saturated carbocycles. The Morgan fingerprint density at radius 2 is 0.560 bits per heavy atom. The summed E-state index contributed by atoms with van der Waals surface area (Å²) in [5.41, 5.74) is 0. The average Bonchev–Trinajstić information content (AvgIpc) is 3.00. The molecule has 0 amide bonds. The maximum atomic E-state index is 8.93. The quantitative estimate of drug-likeness (QED) is 0.422. The van der Waals surface area contributed by atoms with Gasteiger partial charge in [0.15, 0.2) is 0 Å². The van der Waals surface area contributed by atoms with E-state index in [0.717, 1.165) is 0 Å². The molecule has 4 aromatic carbocycles. The topological polar surface area (TPSA) is 0 Å². The van der Waals surface area contributed by atoms with Crippen molar-refractivity contribution in [2.45, 2.75) is 0 Å². The van der Waals surface area contributed by atoms with E-state index >= 15 is 0 Å². The van der Waals surface area contributed by atoms with Crippen LogP contribution in [0.15, 0.2) is 121 Å². The molecule has 0 radical (unpaired) electrons. The molecule has 0 fully saturated rings. The van der Waals surface area contributed by atoms with Gasteiger partial charge < -0.3 is 0 Å². The number of benzene rings is 4. The van der Waals surface area contributed by atoms with E-state index in [-0.39, 0.29) is 0 Å². The molecule has 0 nitrogen and oxygen atoms in total. The molecule has 0 aliphatic heterocycles. The molecular formula is C24H20Sn. The van der Waals surface area contributed by atoms with Gasteiger partial charge in [0.1, 0.15) is 0 Å². The van der Waals surface area contributed by atoms with Crippen LogP contribution in [-0.2, 0) is 0 Å². The molecule has 0 bridgehead atoms. The van der Waals surface area contributed by atoms with Crippen molar-refractivity contribution < 1.29 is 27.4 Å². The molecule has 120 valence electrons. The van der Waals surface area contributed by atoms with E-state index in [1.165, 1.54) is 0 Å². The van der Waals surface area contributed by atoms with E-state index in [2.05, 4.69) is 0 Å². The standard InChI is InChI=1S/4C6H5.Sn/c4*1-2-4-6-5-3-1;/h4*1-5H;/i4*1D,2D,3D,4D,5D;. The molecule has 0 heterocycles. The fourth-order valence-electron chi connectivity index (χ4n) is 2.50. The van der Waals surface area contributed by atoms with Crippen LogP contribution in [0.3, 0.4) is 0 Å². The summed E-state index contributed by atoms with van der Waals surface area (Å²) in [6.45, 7) is 0. The molecule has 0 aliphatic carbocycles. The molecule has 4 aromatic rings. The summed E-state index contributed by atoms with van der Waals surface area (Å²) in [5.74, 6) is 0. The second-order valence-corrected chi connectivity index (χ2v) is 14.7. The van der Waals surface area contributed by atoms with Crippen molar-refractivity contribution in [3.8, 4) is 0 Å². The second kappa shape index (κ2) is 7.28. The van der Waals surface area contributed by atoms with Crippen LogP contribution in [-0.4, -0.2) is 18.4 Å². The van der Waals surface area contributed by atoms with Crippen molar-refractivity contribution >= 4 is 32.7 Å². The third kappa shape index (κ3) is 2.91. The van der Waals surface area contributed by atoms with Gasteiger partial charge in [-0.15, -0.1) is 0 Å². The van der Waals surface area contributed by atoms with Crippen LogP contribution in [0.5, 0.6) is 0 Å². The molecule has 0 atom stereocenters. The summed E-state index contributed by atoms with van der Waals surface area (Å²) >= 11 is -7.07. The molecule has 4 rings (SSSR count). The molecular weight excluding hydrogens is 407 g/mol. The van der Waals surface area contributed by atoms with Crippen LogP contribution >= 0.6 is 0 Å². The number of rotatable bonds is 4. The van der Waals surface area contributed by atoms with Crippen molar-refractivity contribution in [3.05, 3.63) is 121 Å². The van der Waals surface area contributed by atoms with Gasteiger partial charge in [0, 0.05) is 0 Å². The van der Waals surface area contributed by atoms with Crippen LogP contribution in [0.1, 0.15) is 27.4 Å². The van der Waals surface area contributed by atoms with Gasteiger partial charge in [0.25, 0.3) is 0 Å². The summed E-state index contributed by atoms with van der Waals surface area (Å²) in [4.78, 5) is 0. The predicted molar refractivity (Wildman–Crippen MR) is 110 cm³/mol. The summed E-state index contributed by atoms with van der Waals surface area (Å²) in [6.07, 6.45) is 0. The van der Waals surface area contributed by atoms with Crippen LogP contribution < -0.4 is 14.3 Å². The van der Waals surface area contributed by atoms with Crippen LogP contribution in [0.2, 0.25) is 0 Å². The zero-order valence-electron chi connectivity index (χ0n) is 32.5. The maximum absolute atomic E-state index is 8.93.